The van der Waals surface area contributed by atoms with Gasteiger partial charge in [-0.15, -0.1) is 0 Å². The topological polar surface area (TPSA) is 76.7 Å². The number of ether oxygens (including phenoxy) is 2. The molecule has 0 bridgehead atoms. The molecule has 1 aromatic rings. The average Bonchev–Trinajstić information content (AvgIpc) is 2.42. The van der Waals surface area contributed by atoms with Crippen molar-refractivity contribution in [3.8, 4) is 5.75 Å². The van der Waals surface area contributed by atoms with Crippen molar-refractivity contribution < 1.29 is 19.1 Å². The first kappa shape index (κ1) is 13.8. The Morgan fingerprint density at radius 1 is 1.28 bits per heavy atom. The molecular formula is C12H16N2O4. The summed E-state index contributed by atoms with van der Waals surface area (Å²) < 4.78 is 9.99. The molecule has 0 saturated carbocycles. The molecule has 0 aromatic heterocycles. The van der Waals surface area contributed by atoms with E-state index in [0.29, 0.717) is 19.5 Å². The van der Waals surface area contributed by atoms with Gasteiger partial charge in [-0.3, -0.25) is 4.79 Å². The predicted molar refractivity (Wildman–Crippen MR) is 65.2 cm³/mol. The van der Waals surface area contributed by atoms with Gasteiger partial charge in [0, 0.05) is 13.1 Å². The highest BCUT2D eigenvalue weighted by molar-refractivity contribution is 5.67. The van der Waals surface area contributed by atoms with Gasteiger partial charge in [-0.25, -0.2) is 4.79 Å². The number of carbonyl (C=O) groups excluding carboxylic acids is 2. The molecule has 18 heavy (non-hydrogen) atoms. The number of hydrogen-bond donors (Lipinski definition) is 2. The Labute approximate surface area is 105 Å². The summed E-state index contributed by atoms with van der Waals surface area (Å²) in [6.07, 6.45) is 0.0585. The number of carbonyl (C=O) groups is 2. The van der Waals surface area contributed by atoms with Gasteiger partial charge in [-0.2, -0.15) is 0 Å². The van der Waals surface area contributed by atoms with Gasteiger partial charge in [0.15, 0.2) is 0 Å². The van der Waals surface area contributed by atoms with Gasteiger partial charge >= 0.3 is 6.09 Å². The van der Waals surface area contributed by atoms with Crippen LogP contribution in [0.3, 0.4) is 0 Å². The van der Waals surface area contributed by atoms with E-state index in [9.17, 15) is 9.59 Å². The van der Waals surface area contributed by atoms with Gasteiger partial charge < -0.3 is 20.1 Å². The van der Waals surface area contributed by atoms with Crippen LogP contribution in [-0.2, 0) is 16.1 Å². The monoisotopic (exact) mass is 252 g/mol. The normalized spacial score (nSPS) is 9.39. The fourth-order valence-electron chi connectivity index (χ4n) is 1.22. The Morgan fingerprint density at radius 3 is 2.61 bits per heavy atom. The van der Waals surface area contributed by atoms with Gasteiger partial charge in [0.1, 0.15) is 12.4 Å². The predicted octanol–water partition coefficient (Wildman–Crippen LogP) is 0.667. The number of methoxy groups -OCH3 is 1. The van der Waals surface area contributed by atoms with Crippen LogP contribution in [0.25, 0.3) is 0 Å². The van der Waals surface area contributed by atoms with Crippen LogP contribution in [0.4, 0.5) is 4.79 Å². The van der Waals surface area contributed by atoms with E-state index in [2.05, 4.69) is 10.6 Å². The Kier molecular flexibility index (Phi) is 6.10. The number of rotatable bonds is 7. The first-order valence-electron chi connectivity index (χ1n) is 5.47. The molecule has 2 N–H and O–H groups in total. The summed E-state index contributed by atoms with van der Waals surface area (Å²) in [7, 11) is 1.59. The maximum absolute atomic E-state index is 11.2. The highest BCUT2D eigenvalue weighted by Crippen LogP contribution is 2.11. The molecule has 0 saturated heterocycles. The van der Waals surface area contributed by atoms with Crippen molar-refractivity contribution in [2.75, 3.05) is 20.2 Å². The van der Waals surface area contributed by atoms with E-state index in [-0.39, 0.29) is 6.61 Å². The molecule has 0 fully saturated rings. The zero-order chi connectivity index (χ0) is 13.2. The summed E-state index contributed by atoms with van der Waals surface area (Å²) in [5.74, 6) is 0.753. The van der Waals surface area contributed by atoms with E-state index in [1.165, 1.54) is 0 Å². The second kappa shape index (κ2) is 7.94. The lowest BCUT2D eigenvalue weighted by molar-refractivity contribution is -0.109. The van der Waals surface area contributed by atoms with Crippen molar-refractivity contribution in [2.45, 2.75) is 6.61 Å². The second-order valence-electron chi connectivity index (χ2n) is 3.42. The molecule has 0 radical (unpaired) electrons. The van der Waals surface area contributed by atoms with Gasteiger partial charge in [0.25, 0.3) is 0 Å². The van der Waals surface area contributed by atoms with Crippen LogP contribution >= 0.6 is 0 Å². The number of nitrogens with one attached hydrogen (secondary N) is 2. The van der Waals surface area contributed by atoms with Gasteiger partial charge in [-0.05, 0) is 17.7 Å². The van der Waals surface area contributed by atoms with Crippen molar-refractivity contribution in [3.05, 3.63) is 29.8 Å². The van der Waals surface area contributed by atoms with Crippen LogP contribution in [0, 0.1) is 0 Å². The standard InChI is InChI=1S/C12H16N2O4/c1-17-11-4-2-10(3-5-11)8-18-12(16)14-7-6-13-9-15/h2-5,9H,6-8H2,1H3,(H,13,15)(H,14,16). The minimum absolute atomic E-state index is 0.191. The fourth-order valence-corrected chi connectivity index (χ4v) is 1.22. The third kappa shape index (κ3) is 5.20. The van der Waals surface area contributed by atoms with Crippen molar-refractivity contribution in [3.63, 3.8) is 0 Å². The zero-order valence-corrected chi connectivity index (χ0v) is 10.1. The lowest BCUT2D eigenvalue weighted by atomic mass is 10.2. The molecule has 0 aliphatic heterocycles. The van der Waals surface area contributed by atoms with Crippen molar-refractivity contribution in [1.29, 1.82) is 0 Å². The Bertz CT molecular complexity index is 378. The largest absolute Gasteiger partial charge is 0.497 e. The first-order chi connectivity index (χ1) is 8.76. The van der Waals surface area contributed by atoms with Gasteiger partial charge in [-0.1, -0.05) is 12.1 Å². The smallest absolute Gasteiger partial charge is 0.407 e. The van der Waals surface area contributed by atoms with E-state index in [0.717, 1.165) is 11.3 Å². The molecule has 0 aliphatic rings. The molecule has 0 unspecified atom stereocenters. The van der Waals surface area contributed by atoms with E-state index >= 15 is 0 Å². The molecule has 2 amide bonds. The first-order valence-corrected chi connectivity index (χ1v) is 5.47. The van der Waals surface area contributed by atoms with Gasteiger partial charge in [0.2, 0.25) is 6.41 Å². The Morgan fingerprint density at radius 2 is 2.00 bits per heavy atom. The molecule has 0 atom stereocenters. The minimum atomic E-state index is -0.515. The lowest BCUT2D eigenvalue weighted by Crippen LogP contribution is -2.31. The zero-order valence-electron chi connectivity index (χ0n) is 10.1. The number of alkyl carbamates (subject to hydrolysis) is 1. The molecular weight excluding hydrogens is 236 g/mol. The number of hydrogen-bond acceptors (Lipinski definition) is 4. The third-order valence-corrected chi connectivity index (χ3v) is 2.15. The molecule has 1 aromatic carbocycles. The number of benzene rings is 1. The molecule has 6 heteroatoms. The molecule has 0 spiro atoms. The summed E-state index contributed by atoms with van der Waals surface area (Å²) in [6, 6.07) is 7.23. The highest BCUT2D eigenvalue weighted by atomic mass is 16.5. The van der Waals surface area contributed by atoms with Crippen LogP contribution in [-0.4, -0.2) is 32.7 Å². The van der Waals surface area contributed by atoms with Gasteiger partial charge in [0.05, 0.1) is 7.11 Å². The Balaban J connectivity index is 2.22. The maximum atomic E-state index is 11.2. The van der Waals surface area contributed by atoms with E-state index in [4.69, 9.17) is 9.47 Å². The van der Waals surface area contributed by atoms with Crippen LogP contribution in [0.2, 0.25) is 0 Å². The summed E-state index contributed by atoms with van der Waals surface area (Å²) >= 11 is 0. The average molecular weight is 252 g/mol. The van der Waals surface area contributed by atoms with Crippen LogP contribution in [0.1, 0.15) is 5.56 Å². The summed E-state index contributed by atoms with van der Waals surface area (Å²) in [5.41, 5.74) is 0.872. The molecule has 1 rings (SSSR count). The summed E-state index contributed by atoms with van der Waals surface area (Å²) in [5, 5.41) is 4.93. The highest BCUT2D eigenvalue weighted by Gasteiger charge is 2.01. The van der Waals surface area contributed by atoms with Crippen LogP contribution in [0.15, 0.2) is 24.3 Å². The second-order valence-corrected chi connectivity index (χ2v) is 3.42. The van der Waals surface area contributed by atoms with E-state index < -0.39 is 6.09 Å². The Hall–Kier alpha value is -2.24. The molecule has 98 valence electrons. The number of amides is 2. The van der Waals surface area contributed by atoms with Crippen LogP contribution < -0.4 is 15.4 Å². The molecule has 6 nitrogen and oxygen atoms in total. The fraction of sp³-hybridized carbons (Fsp3) is 0.333. The van der Waals surface area contributed by atoms with Crippen molar-refractivity contribution in [1.82, 2.24) is 10.6 Å². The summed E-state index contributed by atoms with van der Waals surface area (Å²) in [4.78, 5) is 21.2. The van der Waals surface area contributed by atoms with E-state index in [1.807, 2.05) is 12.1 Å². The van der Waals surface area contributed by atoms with Crippen LogP contribution in [0.5, 0.6) is 5.75 Å². The van der Waals surface area contributed by atoms with Crippen molar-refractivity contribution in [2.24, 2.45) is 0 Å². The molecule has 0 aliphatic carbocycles. The van der Waals surface area contributed by atoms with E-state index in [1.54, 1.807) is 19.2 Å². The third-order valence-electron chi connectivity index (χ3n) is 2.15. The maximum Gasteiger partial charge on any atom is 0.407 e. The lowest BCUT2D eigenvalue weighted by Gasteiger charge is -2.07. The summed E-state index contributed by atoms with van der Waals surface area (Å²) in [6.45, 7) is 0.901. The molecule has 0 heterocycles. The quantitative estimate of drug-likeness (QED) is 0.552. The SMILES string of the molecule is COc1ccc(COC(=O)NCCNC=O)cc1. The minimum Gasteiger partial charge on any atom is -0.497 e. The van der Waals surface area contributed by atoms with Crippen molar-refractivity contribution >= 4 is 12.5 Å².